The Morgan fingerprint density at radius 3 is 2.13 bits per heavy atom. The van der Waals surface area contributed by atoms with E-state index in [0.29, 0.717) is 60.5 Å². The quantitative estimate of drug-likeness (QED) is 0.180. The fourth-order valence-corrected chi connectivity index (χ4v) is 6.67. The Balaban J connectivity index is 1.10. The molecule has 1 aliphatic carbocycles. The molecule has 7 nitrogen and oxygen atoms in total. The molecule has 0 aromatic heterocycles. The number of nitrogens with zero attached hydrogens (tertiary/aromatic N) is 1. The molecule has 3 amide bonds. The third-order valence-corrected chi connectivity index (χ3v) is 8.84. The van der Waals surface area contributed by atoms with Crippen LogP contribution in [0.25, 0.3) is 11.1 Å². The molecular weight excluding hydrogens is 607 g/mol. The van der Waals surface area contributed by atoms with Crippen molar-refractivity contribution in [1.82, 2.24) is 15.5 Å². The molecule has 4 aromatic rings. The number of hydrogen-bond acceptors (Lipinski definition) is 4. The van der Waals surface area contributed by atoms with Gasteiger partial charge in [-0.2, -0.15) is 13.2 Å². The van der Waals surface area contributed by atoms with Crippen LogP contribution in [0.3, 0.4) is 0 Å². The highest BCUT2D eigenvalue weighted by molar-refractivity contribution is 6.01. The van der Waals surface area contributed by atoms with Crippen molar-refractivity contribution in [2.24, 2.45) is 0 Å². The summed E-state index contributed by atoms with van der Waals surface area (Å²) in [6, 6.07) is 29.9. The van der Waals surface area contributed by atoms with E-state index < -0.39 is 36.0 Å². The van der Waals surface area contributed by atoms with Crippen LogP contribution < -0.4 is 15.4 Å². The van der Waals surface area contributed by atoms with E-state index in [4.69, 9.17) is 4.74 Å². The summed E-state index contributed by atoms with van der Waals surface area (Å²) in [5, 5.41) is 5.00. The first-order valence-electron chi connectivity index (χ1n) is 15.6. The molecule has 10 heteroatoms. The number of nitrogens with one attached hydrogen (secondary N) is 2. The van der Waals surface area contributed by atoms with E-state index in [1.165, 1.54) is 0 Å². The van der Waals surface area contributed by atoms with E-state index in [-0.39, 0.29) is 12.3 Å². The van der Waals surface area contributed by atoms with Crippen molar-refractivity contribution in [3.05, 3.63) is 120 Å². The summed E-state index contributed by atoms with van der Waals surface area (Å²) in [5.41, 5.74) is 2.03. The smallest absolute Gasteiger partial charge is 0.405 e. The molecule has 1 saturated heterocycles. The van der Waals surface area contributed by atoms with Crippen molar-refractivity contribution in [2.45, 2.75) is 43.3 Å². The summed E-state index contributed by atoms with van der Waals surface area (Å²) < 4.78 is 45.4. The number of unbranched alkanes of at least 4 members (excludes halogenated alkanes) is 1. The lowest BCUT2D eigenvalue weighted by Crippen LogP contribution is -2.47. The maximum atomic E-state index is 13.7. The van der Waals surface area contributed by atoms with Gasteiger partial charge in [0.15, 0.2) is 0 Å². The van der Waals surface area contributed by atoms with Gasteiger partial charge in [0.2, 0.25) is 11.8 Å². The van der Waals surface area contributed by atoms with Crippen molar-refractivity contribution in [3.63, 3.8) is 0 Å². The zero-order chi connectivity index (χ0) is 33.0. The van der Waals surface area contributed by atoms with Crippen molar-refractivity contribution >= 4 is 17.7 Å². The van der Waals surface area contributed by atoms with Crippen LogP contribution in [0.15, 0.2) is 103 Å². The Kier molecular flexibility index (Phi) is 9.02. The van der Waals surface area contributed by atoms with Gasteiger partial charge in [-0.05, 0) is 72.2 Å². The molecule has 6 rings (SSSR count). The van der Waals surface area contributed by atoms with Gasteiger partial charge in [0.05, 0.1) is 5.56 Å². The van der Waals surface area contributed by atoms with Gasteiger partial charge in [0.25, 0.3) is 5.91 Å². The average Bonchev–Trinajstić information content (AvgIpc) is 3.57. The SMILES string of the molecule is O=C(NC1CCN(CCCCC2(C(=O)NCC(F)(F)F)c3ccccc3-c3ccccc32)C1=O)c1ccccc1Oc1ccccc1. The number of ether oxygens (including phenoxy) is 1. The van der Waals surface area contributed by atoms with Crippen LogP contribution >= 0.6 is 0 Å². The van der Waals surface area contributed by atoms with Crippen LogP contribution in [0.1, 0.15) is 47.2 Å². The van der Waals surface area contributed by atoms with Gasteiger partial charge in [-0.25, -0.2) is 0 Å². The zero-order valence-electron chi connectivity index (χ0n) is 25.6. The molecule has 0 bridgehead atoms. The maximum Gasteiger partial charge on any atom is 0.405 e. The Hall–Kier alpha value is -5.12. The number of benzene rings is 4. The number of fused-ring (bicyclic) bond motifs is 3. The second-order valence-electron chi connectivity index (χ2n) is 11.8. The molecule has 0 spiro atoms. The number of rotatable bonds is 11. The second kappa shape index (κ2) is 13.3. The van der Waals surface area contributed by atoms with Crippen molar-refractivity contribution in [3.8, 4) is 22.6 Å². The van der Waals surface area contributed by atoms with E-state index in [2.05, 4.69) is 10.6 Å². The molecule has 2 aliphatic rings. The number of carbonyl (C=O) groups excluding carboxylic acids is 3. The van der Waals surface area contributed by atoms with Crippen LogP contribution in [0.5, 0.6) is 11.5 Å². The lowest BCUT2D eigenvalue weighted by atomic mass is 9.73. The first kappa shape index (κ1) is 31.8. The maximum absolute atomic E-state index is 13.7. The average molecular weight is 642 g/mol. The number of halogens is 3. The van der Waals surface area contributed by atoms with E-state index in [1.54, 1.807) is 53.4 Å². The molecule has 1 aliphatic heterocycles. The third kappa shape index (κ3) is 6.58. The summed E-state index contributed by atoms with van der Waals surface area (Å²) in [6.45, 7) is -0.576. The number of hydrogen-bond donors (Lipinski definition) is 2. The molecule has 1 fully saturated rings. The fraction of sp³-hybridized carbons (Fsp3) is 0.270. The summed E-state index contributed by atoms with van der Waals surface area (Å²) in [5.74, 6) is -0.346. The molecule has 4 aromatic carbocycles. The highest BCUT2D eigenvalue weighted by atomic mass is 19.4. The van der Waals surface area contributed by atoms with Crippen LogP contribution in [0.4, 0.5) is 13.2 Å². The van der Waals surface area contributed by atoms with Crippen LogP contribution in [0.2, 0.25) is 0 Å². The summed E-state index contributed by atoms with van der Waals surface area (Å²) in [7, 11) is 0. The van der Waals surface area contributed by atoms with Gasteiger partial charge in [0, 0.05) is 13.1 Å². The predicted molar refractivity (Wildman–Crippen MR) is 171 cm³/mol. The minimum Gasteiger partial charge on any atom is -0.457 e. The second-order valence-corrected chi connectivity index (χ2v) is 11.8. The largest absolute Gasteiger partial charge is 0.457 e. The van der Waals surface area contributed by atoms with Crippen molar-refractivity contribution in [1.29, 1.82) is 0 Å². The Morgan fingerprint density at radius 2 is 1.45 bits per heavy atom. The highest BCUT2D eigenvalue weighted by Gasteiger charge is 2.49. The molecular formula is C37H34F3N3O4. The van der Waals surface area contributed by atoms with Gasteiger partial charge >= 0.3 is 6.18 Å². The van der Waals surface area contributed by atoms with E-state index in [9.17, 15) is 27.6 Å². The normalized spacial score (nSPS) is 16.4. The molecule has 1 atom stereocenters. The van der Waals surface area contributed by atoms with Crippen LogP contribution in [-0.4, -0.2) is 54.5 Å². The lowest BCUT2D eigenvalue weighted by molar-refractivity contribution is -0.141. The monoisotopic (exact) mass is 641 g/mol. The van der Waals surface area contributed by atoms with Crippen LogP contribution in [-0.2, 0) is 15.0 Å². The fourth-order valence-electron chi connectivity index (χ4n) is 6.67. The van der Waals surface area contributed by atoms with E-state index >= 15 is 0 Å². The summed E-state index contributed by atoms with van der Waals surface area (Å²) in [6.07, 6.45) is -2.83. The van der Waals surface area contributed by atoms with Crippen molar-refractivity contribution in [2.75, 3.05) is 19.6 Å². The lowest BCUT2D eigenvalue weighted by Gasteiger charge is -2.31. The molecule has 242 valence electrons. The first-order chi connectivity index (χ1) is 22.7. The van der Waals surface area contributed by atoms with Gasteiger partial charge in [0.1, 0.15) is 29.5 Å². The molecule has 1 unspecified atom stereocenters. The minimum atomic E-state index is -4.55. The molecule has 0 radical (unpaired) electrons. The Morgan fingerprint density at radius 1 is 0.830 bits per heavy atom. The number of amides is 3. The van der Waals surface area contributed by atoms with E-state index in [1.807, 2.05) is 54.6 Å². The van der Waals surface area contributed by atoms with Gasteiger partial charge in [-0.3, -0.25) is 14.4 Å². The number of alkyl halides is 3. The number of para-hydroxylation sites is 2. The molecule has 1 heterocycles. The topological polar surface area (TPSA) is 87.7 Å². The zero-order valence-corrected chi connectivity index (χ0v) is 25.6. The predicted octanol–water partition coefficient (Wildman–Crippen LogP) is 6.63. The number of likely N-dealkylation sites (tertiary alicyclic amines) is 1. The molecule has 0 saturated carbocycles. The first-order valence-corrected chi connectivity index (χ1v) is 15.6. The van der Waals surface area contributed by atoms with Gasteiger partial charge in [-0.15, -0.1) is 0 Å². The minimum absolute atomic E-state index is 0.200. The summed E-state index contributed by atoms with van der Waals surface area (Å²) >= 11 is 0. The summed E-state index contributed by atoms with van der Waals surface area (Å²) in [4.78, 5) is 41.9. The molecule has 2 N–H and O–H groups in total. The standard InChI is InChI=1S/C37H34F3N3O4/c38-37(39,40)24-41-35(46)36(29-17-7-4-14-26(29)27-15-5-8-18-30(27)36)21-10-11-22-43-23-20-31(34(43)45)42-33(44)28-16-6-9-19-32(28)47-25-12-2-1-3-13-25/h1-9,12-19,31H,10-11,20-24H2,(H,41,46)(H,42,44). The Labute approximate surface area is 270 Å². The van der Waals surface area contributed by atoms with Gasteiger partial charge < -0.3 is 20.3 Å². The molecule has 47 heavy (non-hydrogen) atoms. The van der Waals surface area contributed by atoms with E-state index in [0.717, 1.165) is 11.1 Å². The van der Waals surface area contributed by atoms with Crippen molar-refractivity contribution < 1.29 is 32.3 Å². The number of carbonyl (C=O) groups is 3. The highest BCUT2D eigenvalue weighted by Crippen LogP contribution is 2.51. The van der Waals surface area contributed by atoms with Crippen LogP contribution in [0, 0.1) is 0 Å². The third-order valence-electron chi connectivity index (χ3n) is 8.84. The van der Waals surface area contributed by atoms with Gasteiger partial charge in [-0.1, -0.05) is 78.9 Å². The Bertz CT molecular complexity index is 1730.